The maximum Gasteiger partial charge on any atom is 0.226 e. The summed E-state index contributed by atoms with van der Waals surface area (Å²) < 4.78 is 0. The lowest BCUT2D eigenvalue weighted by molar-refractivity contribution is -0.120. The highest BCUT2D eigenvalue weighted by molar-refractivity contribution is 5.78. The highest BCUT2D eigenvalue weighted by atomic mass is 16.1. The Morgan fingerprint density at radius 2 is 2.47 bits per heavy atom. The number of aromatic nitrogens is 1. The number of carbonyl (C=O) groups is 1. The van der Waals surface area contributed by atoms with Crippen molar-refractivity contribution in [2.24, 2.45) is 5.92 Å². The summed E-state index contributed by atoms with van der Waals surface area (Å²) in [5, 5.41) is 6.33. The van der Waals surface area contributed by atoms with E-state index < -0.39 is 0 Å². The highest BCUT2D eigenvalue weighted by Crippen LogP contribution is 2.08. The molecule has 1 aliphatic rings. The number of nitrogens with one attached hydrogen (secondary N) is 2. The minimum atomic E-state index is 0.0641. The summed E-state index contributed by atoms with van der Waals surface area (Å²) in [6, 6.07) is 5.64. The number of amides is 1. The van der Waals surface area contributed by atoms with Crippen LogP contribution < -0.4 is 10.6 Å². The van der Waals surface area contributed by atoms with Crippen molar-refractivity contribution >= 4 is 5.91 Å². The number of nitrogens with zero attached hydrogens (tertiary/aromatic N) is 1. The summed E-state index contributed by atoms with van der Waals surface area (Å²) in [5.41, 5.74) is 0.826. The monoisotopic (exact) mass is 233 g/mol. The minimum Gasteiger partial charge on any atom is -0.355 e. The number of piperidine rings is 1. The van der Waals surface area contributed by atoms with Crippen molar-refractivity contribution in [1.29, 1.82) is 0 Å². The normalized spacial score (nSPS) is 19.9. The predicted molar refractivity (Wildman–Crippen MR) is 66.5 cm³/mol. The van der Waals surface area contributed by atoms with Crippen molar-refractivity contribution in [2.45, 2.75) is 19.3 Å². The lowest BCUT2D eigenvalue weighted by Crippen LogP contribution is -2.38. The topological polar surface area (TPSA) is 54.0 Å². The molecule has 1 atom stereocenters. The van der Waals surface area contributed by atoms with Crippen LogP contribution in [0.2, 0.25) is 0 Å². The first-order valence-corrected chi connectivity index (χ1v) is 6.22. The first-order chi connectivity index (χ1) is 8.34. The third kappa shape index (κ3) is 4.15. The molecule has 1 aromatic heterocycles. The fraction of sp³-hybridized carbons (Fsp3) is 0.538. The molecule has 1 fully saturated rings. The maximum absolute atomic E-state index is 11.7. The number of pyridine rings is 1. The predicted octanol–water partition coefficient (Wildman–Crippen LogP) is 0.740. The molecule has 2 rings (SSSR count). The van der Waals surface area contributed by atoms with Crippen LogP contribution in [0.5, 0.6) is 0 Å². The molecule has 1 saturated heterocycles. The number of rotatable bonds is 4. The standard InChI is InChI=1S/C13H19N3O/c17-13(8-12-5-1-2-7-15-12)16-10-11-4-3-6-14-9-11/h1-2,5,7,11,14H,3-4,6,8-10H2,(H,16,17). The summed E-state index contributed by atoms with van der Waals surface area (Å²) in [6.45, 7) is 2.90. The maximum atomic E-state index is 11.7. The molecule has 0 spiro atoms. The van der Waals surface area contributed by atoms with Crippen LogP contribution in [0.1, 0.15) is 18.5 Å². The Balaban J connectivity index is 1.70. The molecule has 4 nitrogen and oxygen atoms in total. The average Bonchev–Trinajstić information content (AvgIpc) is 2.39. The van der Waals surface area contributed by atoms with Crippen molar-refractivity contribution in [2.75, 3.05) is 19.6 Å². The minimum absolute atomic E-state index is 0.0641. The van der Waals surface area contributed by atoms with Crippen molar-refractivity contribution in [1.82, 2.24) is 15.6 Å². The first-order valence-electron chi connectivity index (χ1n) is 6.22. The summed E-state index contributed by atoms with van der Waals surface area (Å²) in [7, 11) is 0. The van der Waals surface area contributed by atoms with Gasteiger partial charge >= 0.3 is 0 Å². The van der Waals surface area contributed by atoms with Gasteiger partial charge in [0.05, 0.1) is 6.42 Å². The molecule has 1 amide bonds. The van der Waals surface area contributed by atoms with Gasteiger partial charge in [-0.15, -0.1) is 0 Å². The van der Waals surface area contributed by atoms with Crippen LogP contribution in [0.25, 0.3) is 0 Å². The van der Waals surface area contributed by atoms with Crippen molar-refractivity contribution in [3.05, 3.63) is 30.1 Å². The lowest BCUT2D eigenvalue weighted by Gasteiger charge is -2.22. The van der Waals surface area contributed by atoms with E-state index in [2.05, 4.69) is 15.6 Å². The van der Waals surface area contributed by atoms with Crippen LogP contribution in [0.4, 0.5) is 0 Å². The van der Waals surface area contributed by atoms with Gasteiger partial charge < -0.3 is 10.6 Å². The molecule has 2 heterocycles. The Labute approximate surface area is 102 Å². The molecule has 4 heteroatoms. The molecule has 0 aliphatic carbocycles. The molecule has 0 bridgehead atoms. The Bertz CT molecular complexity index is 347. The molecular weight excluding hydrogens is 214 g/mol. The van der Waals surface area contributed by atoms with Gasteiger partial charge in [-0.1, -0.05) is 6.07 Å². The van der Waals surface area contributed by atoms with Crippen LogP contribution in [-0.2, 0) is 11.2 Å². The van der Waals surface area contributed by atoms with Crippen LogP contribution in [0.3, 0.4) is 0 Å². The van der Waals surface area contributed by atoms with Crippen LogP contribution in [-0.4, -0.2) is 30.5 Å². The first kappa shape index (κ1) is 12.0. The Morgan fingerprint density at radius 3 is 3.18 bits per heavy atom. The average molecular weight is 233 g/mol. The van der Waals surface area contributed by atoms with E-state index in [0.29, 0.717) is 12.3 Å². The van der Waals surface area contributed by atoms with E-state index in [1.54, 1.807) is 6.20 Å². The van der Waals surface area contributed by atoms with Crippen LogP contribution in [0.15, 0.2) is 24.4 Å². The van der Waals surface area contributed by atoms with Gasteiger partial charge in [0.1, 0.15) is 0 Å². The third-order valence-corrected chi connectivity index (χ3v) is 3.05. The molecular formula is C13H19N3O. The van der Waals surface area contributed by atoms with Gasteiger partial charge in [-0.3, -0.25) is 9.78 Å². The zero-order valence-corrected chi connectivity index (χ0v) is 9.98. The van der Waals surface area contributed by atoms with E-state index in [1.807, 2.05) is 18.2 Å². The lowest BCUT2D eigenvalue weighted by atomic mass is 10.00. The number of hydrogen-bond donors (Lipinski definition) is 2. The molecule has 92 valence electrons. The zero-order valence-electron chi connectivity index (χ0n) is 9.98. The molecule has 1 aromatic rings. The molecule has 1 aliphatic heterocycles. The van der Waals surface area contributed by atoms with Gasteiger partial charge in [-0.2, -0.15) is 0 Å². The van der Waals surface area contributed by atoms with Gasteiger partial charge in [-0.05, 0) is 44.0 Å². The second kappa shape index (κ2) is 6.35. The fourth-order valence-electron chi connectivity index (χ4n) is 2.09. The van der Waals surface area contributed by atoms with E-state index >= 15 is 0 Å². The van der Waals surface area contributed by atoms with Gasteiger partial charge in [0.2, 0.25) is 5.91 Å². The Morgan fingerprint density at radius 1 is 1.53 bits per heavy atom. The van der Waals surface area contributed by atoms with E-state index in [9.17, 15) is 4.79 Å². The van der Waals surface area contributed by atoms with Gasteiger partial charge in [-0.25, -0.2) is 0 Å². The van der Waals surface area contributed by atoms with Crippen molar-refractivity contribution in [3.63, 3.8) is 0 Å². The fourth-order valence-corrected chi connectivity index (χ4v) is 2.09. The Kier molecular flexibility index (Phi) is 4.50. The third-order valence-electron chi connectivity index (χ3n) is 3.05. The Hall–Kier alpha value is -1.42. The quantitative estimate of drug-likeness (QED) is 0.806. The van der Waals surface area contributed by atoms with E-state index in [1.165, 1.54) is 12.8 Å². The molecule has 0 saturated carbocycles. The molecule has 1 unspecified atom stereocenters. The number of carbonyl (C=O) groups excluding carboxylic acids is 1. The van der Waals surface area contributed by atoms with Crippen molar-refractivity contribution in [3.8, 4) is 0 Å². The summed E-state index contributed by atoms with van der Waals surface area (Å²) in [5.74, 6) is 0.644. The smallest absolute Gasteiger partial charge is 0.226 e. The highest BCUT2D eigenvalue weighted by Gasteiger charge is 2.13. The van der Waals surface area contributed by atoms with Gasteiger partial charge in [0.25, 0.3) is 0 Å². The van der Waals surface area contributed by atoms with E-state index in [0.717, 1.165) is 25.3 Å². The second-order valence-electron chi connectivity index (χ2n) is 4.51. The molecule has 17 heavy (non-hydrogen) atoms. The van der Waals surface area contributed by atoms with Crippen molar-refractivity contribution < 1.29 is 4.79 Å². The summed E-state index contributed by atoms with van der Waals surface area (Å²) in [4.78, 5) is 15.8. The summed E-state index contributed by atoms with van der Waals surface area (Å²) >= 11 is 0. The van der Waals surface area contributed by atoms with E-state index in [-0.39, 0.29) is 5.91 Å². The SMILES string of the molecule is O=C(Cc1ccccn1)NCC1CCCNC1. The molecule has 0 radical (unpaired) electrons. The largest absolute Gasteiger partial charge is 0.355 e. The molecule has 2 N–H and O–H groups in total. The van der Waals surface area contributed by atoms with Crippen LogP contribution >= 0.6 is 0 Å². The number of hydrogen-bond acceptors (Lipinski definition) is 3. The summed E-state index contributed by atoms with van der Waals surface area (Å²) in [6.07, 6.45) is 4.51. The zero-order chi connectivity index (χ0) is 11.9. The van der Waals surface area contributed by atoms with Gasteiger partial charge in [0.15, 0.2) is 0 Å². The van der Waals surface area contributed by atoms with Crippen LogP contribution in [0, 0.1) is 5.92 Å². The van der Waals surface area contributed by atoms with Gasteiger partial charge in [0, 0.05) is 18.4 Å². The molecule has 0 aromatic carbocycles. The second-order valence-corrected chi connectivity index (χ2v) is 4.51. The van der Waals surface area contributed by atoms with E-state index in [4.69, 9.17) is 0 Å².